The summed E-state index contributed by atoms with van der Waals surface area (Å²) in [6.07, 6.45) is 0.869. The van der Waals surface area contributed by atoms with Crippen molar-refractivity contribution >= 4 is 23.2 Å². The van der Waals surface area contributed by atoms with E-state index in [1.807, 2.05) is 14.0 Å². The van der Waals surface area contributed by atoms with Crippen molar-refractivity contribution in [2.75, 3.05) is 10.6 Å². The number of carbonyl (C=O) groups excluding carboxylic acids is 1. The topological polar surface area (TPSA) is 97.6 Å². The van der Waals surface area contributed by atoms with Gasteiger partial charge in [-0.2, -0.15) is 18.3 Å². The molecule has 1 aromatic carbocycles. The molecule has 8 nitrogen and oxygen atoms in total. The van der Waals surface area contributed by atoms with Gasteiger partial charge < -0.3 is 10.6 Å². The molecule has 0 bridgehead atoms. The molecule has 0 atom stereocenters. The lowest BCUT2D eigenvalue weighted by Crippen LogP contribution is -2.17. The number of aromatic nitrogens is 5. The van der Waals surface area contributed by atoms with Gasteiger partial charge in [-0.1, -0.05) is 12.1 Å². The number of benzene rings is 1. The van der Waals surface area contributed by atoms with E-state index in [-0.39, 0.29) is 23.4 Å². The first-order valence-corrected chi connectivity index (χ1v) is 10.7. The Morgan fingerprint density at radius 1 is 1.00 bits per heavy atom. The highest BCUT2D eigenvalue weighted by molar-refractivity contribution is 5.92. The first-order valence-electron chi connectivity index (χ1n) is 10.7. The lowest BCUT2D eigenvalue weighted by Gasteiger charge is -2.12. The fraction of sp³-hybridized carbons (Fsp3) is 0.208. The smallest absolute Gasteiger partial charge is 0.324 e. The zero-order valence-corrected chi connectivity index (χ0v) is 19.5. The Morgan fingerprint density at radius 2 is 1.72 bits per heavy atom. The van der Waals surface area contributed by atoms with Crippen LogP contribution in [0.2, 0.25) is 0 Å². The predicted octanol–water partition coefficient (Wildman–Crippen LogP) is 4.97. The molecule has 0 saturated heterocycles. The van der Waals surface area contributed by atoms with Gasteiger partial charge in [0.05, 0.1) is 41.4 Å². The van der Waals surface area contributed by atoms with Crippen LogP contribution in [0.15, 0.2) is 49.1 Å². The molecule has 3 aromatic heterocycles. The third-order valence-corrected chi connectivity index (χ3v) is 5.55. The summed E-state index contributed by atoms with van der Waals surface area (Å²) in [5.74, 6) is -0.971. The molecule has 36 heavy (non-hydrogen) atoms. The van der Waals surface area contributed by atoms with E-state index in [0.717, 1.165) is 23.6 Å². The summed E-state index contributed by atoms with van der Waals surface area (Å²) >= 11 is 0. The summed E-state index contributed by atoms with van der Waals surface area (Å²) in [4.78, 5) is 24.5. The summed E-state index contributed by atoms with van der Waals surface area (Å²) in [5.41, 5.74) is 1.53. The Bertz CT molecular complexity index is 1420. The second-order valence-corrected chi connectivity index (χ2v) is 8.07. The minimum absolute atomic E-state index is 0.0821. The number of halogens is 4. The van der Waals surface area contributed by atoms with Crippen molar-refractivity contribution < 1.29 is 22.4 Å². The molecule has 2 N–H and O–H groups in total. The fourth-order valence-electron chi connectivity index (χ4n) is 3.42. The first-order chi connectivity index (χ1) is 17.0. The van der Waals surface area contributed by atoms with Crippen LogP contribution in [0.1, 0.15) is 22.5 Å². The molecule has 0 saturated carbocycles. The van der Waals surface area contributed by atoms with Gasteiger partial charge in [-0.25, -0.2) is 14.4 Å². The van der Waals surface area contributed by atoms with E-state index < -0.39 is 23.5 Å². The molecule has 1 amide bonds. The minimum atomic E-state index is -4.60. The van der Waals surface area contributed by atoms with Gasteiger partial charge >= 0.3 is 6.18 Å². The highest BCUT2D eigenvalue weighted by Crippen LogP contribution is 2.32. The maximum Gasteiger partial charge on any atom is 0.418 e. The molecule has 186 valence electrons. The molecule has 4 rings (SSSR count). The Hall–Kier alpha value is -4.35. The van der Waals surface area contributed by atoms with E-state index in [0.29, 0.717) is 17.1 Å². The molecular formula is C24H21F4N7O. The summed E-state index contributed by atoms with van der Waals surface area (Å²) < 4.78 is 55.6. The fourth-order valence-corrected chi connectivity index (χ4v) is 3.42. The van der Waals surface area contributed by atoms with Crippen molar-refractivity contribution in [2.24, 2.45) is 7.05 Å². The number of hydrogen-bond donors (Lipinski definition) is 2. The average Bonchev–Trinajstić information content (AvgIpc) is 3.13. The van der Waals surface area contributed by atoms with Crippen molar-refractivity contribution in [1.82, 2.24) is 24.7 Å². The van der Waals surface area contributed by atoms with E-state index in [9.17, 15) is 22.4 Å². The van der Waals surface area contributed by atoms with Crippen molar-refractivity contribution in [2.45, 2.75) is 26.4 Å². The van der Waals surface area contributed by atoms with E-state index in [1.54, 1.807) is 16.9 Å². The van der Waals surface area contributed by atoms with E-state index in [2.05, 4.69) is 30.7 Å². The number of nitrogens with zero attached hydrogens (tertiary/aromatic N) is 5. The van der Waals surface area contributed by atoms with Crippen LogP contribution in [0.5, 0.6) is 0 Å². The van der Waals surface area contributed by atoms with Crippen LogP contribution in [0.3, 0.4) is 0 Å². The van der Waals surface area contributed by atoms with Crippen LogP contribution in [-0.4, -0.2) is 30.6 Å². The standard InChI is InChI=1S/C24H21F4N7O/c1-13-19(24(26,27)28)8-18(11-29-13)33-22(36)7-16-5-4-15(6-20(16)25)17-9-30-23(31-10-17)34-21-12-32-35(3)14(21)2/h4-6,8-12H,7H2,1-3H3,(H,33,36)(H,30,31,34). The molecule has 3 heterocycles. The van der Waals surface area contributed by atoms with Gasteiger partial charge in [0.15, 0.2) is 0 Å². The zero-order valence-electron chi connectivity index (χ0n) is 19.5. The number of aryl methyl sites for hydroxylation is 2. The average molecular weight is 499 g/mol. The molecular weight excluding hydrogens is 478 g/mol. The number of hydrogen-bond acceptors (Lipinski definition) is 6. The summed E-state index contributed by atoms with van der Waals surface area (Å²) in [6, 6.07) is 5.09. The summed E-state index contributed by atoms with van der Waals surface area (Å²) in [6.45, 7) is 3.12. The third kappa shape index (κ3) is 5.48. The maximum atomic E-state index is 14.7. The van der Waals surface area contributed by atoms with E-state index in [4.69, 9.17) is 0 Å². The van der Waals surface area contributed by atoms with Crippen LogP contribution < -0.4 is 10.6 Å². The number of carbonyl (C=O) groups is 1. The van der Waals surface area contributed by atoms with Gasteiger partial charge in [-0.15, -0.1) is 0 Å². The number of pyridine rings is 1. The lowest BCUT2D eigenvalue weighted by atomic mass is 10.0. The Labute approximate surface area is 203 Å². The van der Waals surface area contributed by atoms with Crippen molar-refractivity contribution in [3.05, 3.63) is 77.4 Å². The molecule has 0 aliphatic rings. The number of anilines is 3. The van der Waals surface area contributed by atoms with Crippen LogP contribution in [0.25, 0.3) is 11.1 Å². The molecule has 0 aliphatic carbocycles. The Kier molecular flexibility index (Phi) is 6.69. The minimum Gasteiger partial charge on any atom is -0.324 e. The van der Waals surface area contributed by atoms with E-state index >= 15 is 0 Å². The van der Waals surface area contributed by atoms with Gasteiger partial charge in [-0.05, 0) is 37.1 Å². The molecule has 12 heteroatoms. The Balaban J connectivity index is 1.43. The van der Waals surface area contributed by atoms with Crippen LogP contribution in [0.4, 0.5) is 34.9 Å². The highest BCUT2D eigenvalue weighted by atomic mass is 19.4. The molecule has 0 fully saturated rings. The SMILES string of the molecule is Cc1ncc(NC(=O)Cc2ccc(-c3cnc(Nc4cnn(C)c4C)nc3)cc2F)cc1C(F)(F)F. The van der Waals surface area contributed by atoms with Gasteiger partial charge in [0.25, 0.3) is 0 Å². The first kappa shape index (κ1) is 24.8. The third-order valence-electron chi connectivity index (χ3n) is 5.55. The molecule has 0 radical (unpaired) electrons. The lowest BCUT2D eigenvalue weighted by molar-refractivity contribution is -0.138. The number of amides is 1. The molecule has 0 spiro atoms. The maximum absolute atomic E-state index is 14.7. The summed E-state index contributed by atoms with van der Waals surface area (Å²) in [7, 11) is 1.82. The van der Waals surface area contributed by atoms with Crippen LogP contribution in [-0.2, 0) is 24.4 Å². The second-order valence-electron chi connectivity index (χ2n) is 8.07. The van der Waals surface area contributed by atoms with Crippen LogP contribution in [0, 0.1) is 19.7 Å². The van der Waals surface area contributed by atoms with Crippen molar-refractivity contribution in [3.8, 4) is 11.1 Å². The number of alkyl halides is 3. The van der Waals surface area contributed by atoms with Gasteiger partial charge in [0.1, 0.15) is 5.82 Å². The van der Waals surface area contributed by atoms with E-state index in [1.165, 1.54) is 31.5 Å². The second kappa shape index (κ2) is 9.72. The largest absolute Gasteiger partial charge is 0.418 e. The highest BCUT2D eigenvalue weighted by Gasteiger charge is 2.33. The van der Waals surface area contributed by atoms with Gasteiger partial charge in [0.2, 0.25) is 11.9 Å². The Morgan fingerprint density at radius 3 is 2.33 bits per heavy atom. The zero-order chi connectivity index (χ0) is 26.0. The quantitative estimate of drug-likeness (QED) is 0.364. The normalized spacial score (nSPS) is 11.4. The van der Waals surface area contributed by atoms with Gasteiger partial charge in [0, 0.05) is 30.7 Å². The number of rotatable bonds is 6. The molecule has 0 aliphatic heterocycles. The number of nitrogens with one attached hydrogen (secondary N) is 2. The molecule has 4 aromatic rings. The molecule has 0 unspecified atom stereocenters. The van der Waals surface area contributed by atoms with Crippen LogP contribution >= 0.6 is 0 Å². The summed E-state index contributed by atoms with van der Waals surface area (Å²) in [5, 5.41) is 9.53. The monoisotopic (exact) mass is 499 g/mol. The predicted molar refractivity (Wildman–Crippen MR) is 125 cm³/mol. The van der Waals surface area contributed by atoms with Crippen molar-refractivity contribution in [3.63, 3.8) is 0 Å². The van der Waals surface area contributed by atoms with Gasteiger partial charge in [-0.3, -0.25) is 14.5 Å². The van der Waals surface area contributed by atoms with Crippen molar-refractivity contribution in [1.29, 1.82) is 0 Å².